The van der Waals surface area contributed by atoms with E-state index in [2.05, 4.69) is 44.3 Å². The number of rotatable bonds is 23. The van der Waals surface area contributed by atoms with E-state index in [9.17, 15) is 9.59 Å². The highest BCUT2D eigenvalue weighted by Gasteiger charge is 2.09. The van der Waals surface area contributed by atoms with Crippen molar-refractivity contribution in [2.45, 2.75) is 71.1 Å². The molecular formula is C35H48O8. The maximum atomic E-state index is 11.6. The molecule has 0 aliphatic rings. The zero-order chi connectivity index (χ0) is 31.3. The SMILES string of the molecule is C=C(CO)C(=O)OCCOc1ccc(CCCCc2ccc(OCCOC(=O)C(=C)CO)cc2CCCCCCC)cc1. The number of esters is 2. The Bertz CT molecular complexity index is 1140. The van der Waals surface area contributed by atoms with Crippen LogP contribution in [0, 0.1) is 0 Å². The van der Waals surface area contributed by atoms with E-state index in [-0.39, 0.29) is 37.6 Å². The summed E-state index contributed by atoms with van der Waals surface area (Å²) in [5.74, 6) is 0.244. The van der Waals surface area contributed by atoms with Crippen LogP contribution in [0.1, 0.15) is 68.6 Å². The maximum absolute atomic E-state index is 11.6. The number of ether oxygens (including phenoxy) is 4. The minimum Gasteiger partial charge on any atom is -0.490 e. The molecule has 0 fully saturated rings. The van der Waals surface area contributed by atoms with Gasteiger partial charge in [0.25, 0.3) is 0 Å². The van der Waals surface area contributed by atoms with Crippen LogP contribution in [-0.2, 0) is 38.3 Å². The Labute approximate surface area is 256 Å². The summed E-state index contributed by atoms with van der Waals surface area (Å²) in [6, 6.07) is 14.2. The number of carbonyl (C=O) groups excluding carboxylic acids is 2. The van der Waals surface area contributed by atoms with Crippen LogP contribution in [0.5, 0.6) is 11.5 Å². The quantitative estimate of drug-likeness (QED) is 0.0954. The molecule has 43 heavy (non-hydrogen) atoms. The first-order valence-electron chi connectivity index (χ1n) is 15.3. The Morgan fingerprint density at radius 2 is 1.14 bits per heavy atom. The van der Waals surface area contributed by atoms with Gasteiger partial charge in [-0.25, -0.2) is 9.59 Å². The minimum absolute atomic E-state index is 0.0219. The maximum Gasteiger partial charge on any atom is 0.335 e. The zero-order valence-electron chi connectivity index (χ0n) is 25.6. The van der Waals surface area contributed by atoms with Crippen molar-refractivity contribution in [3.63, 3.8) is 0 Å². The van der Waals surface area contributed by atoms with Crippen LogP contribution < -0.4 is 9.47 Å². The van der Waals surface area contributed by atoms with Crippen molar-refractivity contribution in [1.29, 1.82) is 0 Å². The van der Waals surface area contributed by atoms with E-state index in [4.69, 9.17) is 29.2 Å². The van der Waals surface area contributed by atoms with Crippen LogP contribution in [0.25, 0.3) is 0 Å². The molecule has 2 rings (SSSR count). The van der Waals surface area contributed by atoms with Crippen LogP contribution in [0.2, 0.25) is 0 Å². The summed E-state index contributed by atoms with van der Waals surface area (Å²) in [5.41, 5.74) is 3.95. The lowest BCUT2D eigenvalue weighted by molar-refractivity contribution is -0.141. The lowest BCUT2D eigenvalue weighted by Gasteiger charge is -2.14. The van der Waals surface area contributed by atoms with Crippen LogP contribution in [0.4, 0.5) is 0 Å². The molecule has 0 bridgehead atoms. The van der Waals surface area contributed by atoms with E-state index in [0.717, 1.165) is 44.3 Å². The summed E-state index contributed by atoms with van der Waals surface area (Å²) in [4.78, 5) is 23.1. The first kappa shape index (κ1) is 35.6. The Balaban J connectivity index is 1.80. The molecule has 8 nitrogen and oxygen atoms in total. The second kappa shape index (κ2) is 21.1. The van der Waals surface area contributed by atoms with Gasteiger partial charge in [-0.3, -0.25) is 0 Å². The topological polar surface area (TPSA) is 112 Å². The van der Waals surface area contributed by atoms with Gasteiger partial charge in [-0.15, -0.1) is 0 Å². The van der Waals surface area contributed by atoms with E-state index in [1.54, 1.807) is 0 Å². The van der Waals surface area contributed by atoms with E-state index in [0.29, 0.717) is 5.75 Å². The van der Waals surface area contributed by atoms with Crippen LogP contribution in [0.15, 0.2) is 66.8 Å². The predicted molar refractivity (Wildman–Crippen MR) is 167 cm³/mol. The molecule has 8 heteroatoms. The molecule has 0 aliphatic carbocycles. The molecule has 236 valence electrons. The largest absolute Gasteiger partial charge is 0.490 e. The molecule has 0 spiro atoms. The summed E-state index contributed by atoms with van der Waals surface area (Å²) in [7, 11) is 0. The highest BCUT2D eigenvalue weighted by molar-refractivity contribution is 5.88. The Morgan fingerprint density at radius 1 is 0.628 bits per heavy atom. The third-order valence-corrected chi connectivity index (χ3v) is 6.94. The third kappa shape index (κ3) is 14.4. The number of hydrogen-bond acceptors (Lipinski definition) is 8. The minimum atomic E-state index is -0.618. The average Bonchev–Trinajstić information content (AvgIpc) is 3.03. The predicted octanol–water partition coefficient (Wildman–Crippen LogP) is 5.71. The first-order valence-corrected chi connectivity index (χ1v) is 15.3. The summed E-state index contributed by atoms with van der Waals surface area (Å²) in [5, 5.41) is 17.9. The van der Waals surface area contributed by atoms with Gasteiger partial charge in [0.1, 0.15) is 37.9 Å². The summed E-state index contributed by atoms with van der Waals surface area (Å²) >= 11 is 0. The smallest absolute Gasteiger partial charge is 0.335 e. The number of hydrogen-bond donors (Lipinski definition) is 2. The number of unbranched alkanes of at least 4 members (excludes halogenated alkanes) is 5. The lowest BCUT2D eigenvalue weighted by Crippen LogP contribution is -2.15. The Kier molecular flexibility index (Phi) is 17.5. The normalized spacial score (nSPS) is 10.7. The number of aliphatic hydroxyl groups excluding tert-OH is 2. The van der Waals surface area contributed by atoms with Gasteiger partial charge in [-0.1, -0.05) is 64.0 Å². The molecule has 0 aromatic heterocycles. The molecule has 2 aromatic rings. The van der Waals surface area contributed by atoms with E-state index in [1.807, 2.05) is 18.2 Å². The van der Waals surface area contributed by atoms with E-state index in [1.165, 1.54) is 42.4 Å². The van der Waals surface area contributed by atoms with Crippen molar-refractivity contribution >= 4 is 11.9 Å². The van der Waals surface area contributed by atoms with Crippen LogP contribution >= 0.6 is 0 Å². The number of benzene rings is 2. The van der Waals surface area contributed by atoms with Crippen molar-refractivity contribution in [2.75, 3.05) is 39.6 Å². The van der Waals surface area contributed by atoms with Crippen molar-refractivity contribution in [1.82, 2.24) is 0 Å². The summed E-state index contributed by atoms with van der Waals surface area (Å²) in [6.45, 7) is 8.91. The highest BCUT2D eigenvalue weighted by Crippen LogP contribution is 2.23. The molecule has 0 heterocycles. The van der Waals surface area contributed by atoms with Gasteiger partial charge >= 0.3 is 11.9 Å². The Hall–Kier alpha value is -3.62. The van der Waals surface area contributed by atoms with Gasteiger partial charge in [0, 0.05) is 0 Å². The zero-order valence-corrected chi connectivity index (χ0v) is 25.6. The van der Waals surface area contributed by atoms with Crippen molar-refractivity contribution in [2.24, 2.45) is 0 Å². The molecular weight excluding hydrogens is 548 g/mol. The van der Waals surface area contributed by atoms with Gasteiger partial charge in [0.05, 0.1) is 24.4 Å². The fourth-order valence-corrected chi connectivity index (χ4v) is 4.41. The summed E-state index contributed by atoms with van der Waals surface area (Å²) < 4.78 is 21.5. The number of carbonyl (C=O) groups is 2. The standard InChI is InChI=1S/C35H48O8/c1-4-5-6-7-8-13-31-24-33(41-21-23-43-35(39)28(3)26-37)19-16-30(31)12-10-9-11-29-14-17-32(18-15-29)40-20-22-42-34(38)27(2)25-36/h14-19,24,36-37H,2-13,20-23,25-26H2,1H3. The van der Waals surface area contributed by atoms with Gasteiger partial charge in [0.2, 0.25) is 0 Å². The van der Waals surface area contributed by atoms with Crippen molar-refractivity contribution in [3.8, 4) is 11.5 Å². The highest BCUT2D eigenvalue weighted by atomic mass is 16.6. The second-order valence-corrected chi connectivity index (χ2v) is 10.4. The molecule has 0 aliphatic heterocycles. The molecule has 2 N–H and O–H groups in total. The van der Waals surface area contributed by atoms with Crippen molar-refractivity contribution < 1.29 is 38.7 Å². The van der Waals surface area contributed by atoms with Gasteiger partial charge in [-0.05, 0) is 79.5 Å². The molecule has 0 radical (unpaired) electrons. The monoisotopic (exact) mass is 596 g/mol. The third-order valence-electron chi connectivity index (χ3n) is 6.94. The fourth-order valence-electron chi connectivity index (χ4n) is 4.41. The van der Waals surface area contributed by atoms with Gasteiger partial charge < -0.3 is 29.2 Å². The van der Waals surface area contributed by atoms with Crippen LogP contribution in [0.3, 0.4) is 0 Å². The van der Waals surface area contributed by atoms with Crippen LogP contribution in [-0.4, -0.2) is 61.8 Å². The molecule has 0 unspecified atom stereocenters. The van der Waals surface area contributed by atoms with E-state index < -0.39 is 25.2 Å². The van der Waals surface area contributed by atoms with Gasteiger partial charge in [0.15, 0.2) is 0 Å². The lowest BCUT2D eigenvalue weighted by atomic mass is 9.96. The van der Waals surface area contributed by atoms with E-state index >= 15 is 0 Å². The van der Waals surface area contributed by atoms with Gasteiger partial charge in [-0.2, -0.15) is 0 Å². The molecule has 0 saturated heterocycles. The average molecular weight is 597 g/mol. The number of aryl methyl sites for hydroxylation is 3. The molecule has 2 aromatic carbocycles. The second-order valence-electron chi connectivity index (χ2n) is 10.4. The molecule has 0 amide bonds. The molecule has 0 saturated carbocycles. The number of aliphatic hydroxyl groups is 2. The fraction of sp³-hybridized carbons (Fsp3) is 0.486. The molecule has 0 atom stereocenters. The summed E-state index contributed by atoms with van der Waals surface area (Å²) in [6.07, 6.45) is 11.2. The Morgan fingerprint density at radius 3 is 1.74 bits per heavy atom. The van der Waals surface area contributed by atoms with Crippen molar-refractivity contribution in [3.05, 3.63) is 83.5 Å². The first-order chi connectivity index (χ1) is 20.9.